The third kappa shape index (κ3) is 10.8. The minimum Gasteiger partial charge on any atom is -0.478 e. The molecule has 0 spiro atoms. The molecular weight excluding hydrogens is 446 g/mol. The molecule has 0 unspecified atom stereocenters. The van der Waals surface area contributed by atoms with Gasteiger partial charge in [0.25, 0.3) is 0 Å². The minimum absolute atomic E-state index is 0.0406. The lowest BCUT2D eigenvalue weighted by Crippen LogP contribution is -2.26. The standard InChI is InChI=1S/C32H53NO3/c1-3-5-7-9-11-26-12-14-27(15-13-26)16-17-28-18-20-29(21-19-28)32(34)36-30-22-23-31(33-25-30)35-24-10-8-6-4-2/h22-23,25-29H,3-21,24H2,1-2H3/t26-,27-,28-,29-. The van der Waals surface area contributed by atoms with Crippen molar-refractivity contribution in [3.05, 3.63) is 18.3 Å². The number of hydrogen-bond acceptors (Lipinski definition) is 4. The first-order chi connectivity index (χ1) is 17.7. The number of esters is 1. The van der Waals surface area contributed by atoms with Crippen LogP contribution in [-0.2, 0) is 4.79 Å². The maximum atomic E-state index is 12.7. The van der Waals surface area contributed by atoms with E-state index in [9.17, 15) is 4.79 Å². The van der Waals surface area contributed by atoms with E-state index in [1.165, 1.54) is 103 Å². The van der Waals surface area contributed by atoms with E-state index < -0.39 is 0 Å². The summed E-state index contributed by atoms with van der Waals surface area (Å²) < 4.78 is 11.3. The van der Waals surface area contributed by atoms with Crippen LogP contribution < -0.4 is 9.47 Å². The average Bonchev–Trinajstić information content (AvgIpc) is 2.92. The van der Waals surface area contributed by atoms with Gasteiger partial charge >= 0.3 is 5.97 Å². The van der Waals surface area contributed by atoms with Crippen LogP contribution in [0.5, 0.6) is 11.6 Å². The smallest absolute Gasteiger partial charge is 0.314 e. The second-order valence-electron chi connectivity index (χ2n) is 11.7. The Morgan fingerprint density at radius 3 is 1.92 bits per heavy atom. The number of carbonyl (C=O) groups is 1. The molecule has 0 N–H and O–H groups in total. The third-order valence-corrected chi connectivity index (χ3v) is 8.77. The molecule has 204 valence electrons. The molecule has 3 rings (SSSR count). The molecule has 2 saturated carbocycles. The lowest BCUT2D eigenvalue weighted by Gasteiger charge is -2.31. The summed E-state index contributed by atoms with van der Waals surface area (Å²) in [7, 11) is 0. The summed E-state index contributed by atoms with van der Waals surface area (Å²) in [6.45, 7) is 5.19. The summed E-state index contributed by atoms with van der Waals surface area (Å²) in [6, 6.07) is 3.61. The van der Waals surface area contributed by atoms with E-state index in [-0.39, 0.29) is 11.9 Å². The fourth-order valence-corrected chi connectivity index (χ4v) is 6.24. The second kappa shape index (κ2) is 17.0. The summed E-state index contributed by atoms with van der Waals surface area (Å²) in [5, 5.41) is 0. The molecule has 0 aromatic carbocycles. The van der Waals surface area contributed by atoms with E-state index in [0.717, 1.165) is 37.0 Å². The highest BCUT2D eigenvalue weighted by molar-refractivity contribution is 5.75. The molecule has 0 atom stereocenters. The molecule has 1 aromatic heterocycles. The second-order valence-corrected chi connectivity index (χ2v) is 11.7. The SMILES string of the molecule is CCCCCCOc1ccc(OC(=O)[C@H]2CC[C@H](CC[C@H]3CC[C@H](CCCCCC)CC3)CC2)cn1. The van der Waals surface area contributed by atoms with Crippen molar-refractivity contribution >= 4 is 5.97 Å². The van der Waals surface area contributed by atoms with Crippen molar-refractivity contribution in [2.24, 2.45) is 23.7 Å². The Labute approximate surface area is 221 Å². The minimum atomic E-state index is -0.0826. The summed E-state index contributed by atoms with van der Waals surface area (Å²) in [5.41, 5.74) is 0. The van der Waals surface area contributed by atoms with Gasteiger partial charge in [-0.1, -0.05) is 104 Å². The normalized spacial score (nSPS) is 24.4. The fraction of sp³-hybridized carbons (Fsp3) is 0.812. The van der Waals surface area contributed by atoms with Crippen LogP contribution in [0.15, 0.2) is 18.3 Å². The van der Waals surface area contributed by atoms with E-state index in [2.05, 4.69) is 18.8 Å². The number of aromatic nitrogens is 1. The highest BCUT2D eigenvalue weighted by atomic mass is 16.5. The van der Waals surface area contributed by atoms with Crippen molar-refractivity contribution in [1.29, 1.82) is 0 Å². The zero-order valence-electron chi connectivity index (χ0n) is 23.4. The van der Waals surface area contributed by atoms with E-state index in [0.29, 0.717) is 18.2 Å². The van der Waals surface area contributed by atoms with Crippen LogP contribution in [0.4, 0.5) is 0 Å². The molecule has 0 saturated heterocycles. The number of ether oxygens (including phenoxy) is 2. The third-order valence-electron chi connectivity index (χ3n) is 8.77. The zero-order valence-corrected chi connectivity index (χ0v) is 23.4. The van der Waals surface area contributed by atoms with Crippen LogP contribution in [0.25, 0.3) is 0 Å². The van der Waals surface area contributed by atoms with Gasteiger partial charge in [0.2, 0.25) is 5.88 Å². The first-order valence-corrected chi connectivity index (χ1v) is 15.5. The largest absolute Gasteiger partial charge is 0.478 e. The number of pyridine rings is 1. The molecule has 2 aliphatic carbocycles. The predicted molar refractivity (Wildman–Crippen MR) is 148 cm³/mol. The quantitative estimate of drug-likeness (QED) is 0.168. The van der Waals surface area contributed by atoms with Crippen molar-refractivity contribution in [2.75, 3.05) is 6.61 Å². The lowest BCUT2D eigenvalue weighted by atomic mass is 9.75. The van der Waals surface area contributed by atoms with E-state index in [1.54, 1.807) is 18.3 Å². The first-order valence-electron chi connectivity index (χ1n) is 15.5. The Morgan fingerprint density at radius 2 is 1.33 bits per heavy atom. The highest BCUT2D eigenvalue weighted by Crippen LogP contribution is 2.38. The molecule has 0 radical (unpaired) electrons. The van der Waals surface area contributed by atoms with Gasteiger partial charge in [-0.15, -0.1) is 0 Å². The van der Waals surface area contributed by atoms with Gasteiger partial charge in [0, 0.05) is 6.07 Å². The topological polar surface area (TPSA) is 48.4 Å². The van der Waals surface area contributed by atoms with Gasteiger partial charge in [-0.05, 0) is 55.9 Å². The summed E-state index contributed by atoms with van der Waals surface area (Å²) >= 11 is 0. The molecule has 1 heterocycles. The number of carbonyl (C=O) groups excluding carboxylic acids is 1. The molecule has 0 aliphatic heterocycles. The number of hydrogen-bond donors (Lipinski definition) is 0. The van der Waals surface area contributed by atoms with Crippen LogP contribution >= 0.6 is 0 Å². The molecule has 4 nitrogen and oxygen atoms in total. The van der Waals surface area contributed by atoms with Crippen LogP contribution in [0, 0.1) is 23.7 Å². The Kier molecular flexibility index (Phi) is 13.7. The zero-order chi connectivity index (χ0) is 25.4. The van der Waals surface area contributed by atoms with Crippen molar-refractivity contribution in [2.45, 2.75) is 136 Å². The number of rotatable bonds is 16. The van der Waals surface area contributed by atoms with Gasteiger partial charge in [-0.3, -0.25) is 4.79 Å². The molecule has 36 heavy (non-hydrogen) atoms. The average molecular weight is 500 g/mol. The summed E-state index contributed by atoms with van der Waals surface area (Å²) in [5.74, 6) is 3.86. The Bertz CT molecular complexity index is 703. The molecule has 4 heteroatoms. The van der Waals surface area contributed by atoms with Crippen LogP contribution in [0.3, 0.4) is 0 Å². The van der Waals surface area contributed by atoms with Gasteiger partial charge < -0.3 is 9.47 Å². The maximum Gasteiger partial charge on any atom is 0.314 e. The van der Waals surface area contributed by atoms with Crippen molar-refractivity contribution < 1.29 is 14.3 Å². The number of unbranched alkanes of at least 4 members (excludes halogenated alkanes) is 6. The van der Waals surface area contributed by atoms with Crippen LogP contribution in [-0.4, -0.2) is 17.6 Å². The molecule has 1 aromatic rings. The van der Waals surface area contributed by atoms with Crippen LogP contribution in [0.1, 0.15) is 136 Å². The molecule has 0 bridgehead atoms. The highest BCUT2D eigenvalue weighted by Gasteiger charge is 2.29. The van der Waals surface area contributed by atoms with Gasteiger partial charge in [0.05, 0.1) is 18.7 Å². The van der Waals surface area contributed by atoms with Crippen LogP contribution in [0.2, 0.25) is 0 Å². The lowest BCUT2D eigenvalue weighted by molar-refractivity contribution is -0.140. The van der Waals surface area contributed by atoms with E-state index >= 15 is 0 Å². The van der Waals surface area contributed by atoms with Gasteiger partial charge in [0.1, 0.15) is 5.75 Å². The van der Waals surface area contributed by atoms with Crippen molar-refractivity contribution in [3.8, 4) is 11.6 Å². The van der Waals surface area contributed by atoms with E-state index in [4.69, 9.17) is 9.47 Å². The maximum absolute atomic E-state index is 12.7. The van der Waals surface area contributed by atoms with Gasteiger partial charge in [-0.25, -0.2) is 4.98 Å². The first kappa shape index (κ1) is 29.0. The Morgan fingerprint density at radius 1 is 0.750 bits per heavy atom. The van der Waals surface area contributed by atoms with Crippen molar-refractivity contribution in [1.82, 2.24) is 4.98 Å². The summed E-state index contributed by atoms with van der Waals surface area (Å²) in [6.07, 6.45) is 26.3. The van der Waals surface area contributed by atoms with Crippen molar-refractivity contribution in [3.63, 3.8) is 0 Å². The van der Waals surface area contributed by atoms with Gasteiger partial charge in [0.15, 0.2) is 0 Å². The molecular formula is C32H53NO3. The molecule has 2 fully saturated rings. The molecule has 0 amide bonds. The fourth-order valence-electron chi connectivity index (χ4n) is 6.24. The Hall–Kier alpha value is -1.58. The molecule has 2 aliphatic rings. The summed E-state index contributed by atoms with van der Waals surface area (Å²) in [4.78, 5) is 17.0. The predicted octanol–water partition coefficient (Wildman–Crippen LogP) is 9.31. The van der Waals surface area contributed by atoms with Gasteiger partial charge in [-0.2, -0.15) is 0 Å². The Balaban J connectivity index is 1.25. The monoisotopic (exact) mass is 499 g/mol. The number of nitrogens with zero attached hydrogens (tertiary/aromatic N) is 1. The van der Waals surface area contributed by atoms with E-state index in [1.807, 2.05) is 0 Å².